The number of hydrogen-bond donors (Lipinski definition) is 1. The molecule has 1 aliphatic rings. The third kappa shape index (κ3) is 6.33. The van der Waals surface area contributed by atoms with Crippen LogP contribution in [0.15, 0.2) is 72.0 Å². The van der Waals surface area contributed by atoms with E-state index in [0.717, 1.165) is 11.8 Å². The molecule has 4 rings (SSSR count). The van der Waals surface area contributed by atoms with Gasteiger partial charge < -0.3 is 10.1 Å². The molecule has 38 heavy (non-hydrogen) atoms. The summed E-state index contributed by atoms with van der Waals surface area (Å²) >= 11 is 0. The Bertz CT molecular complexity index is 1400. The van der Waals surface area contributed by atoms with Crippen molar-refractivity contribution in [3.05, 3.63) is 94.8 Å². The van der Waals surface area contributed by atoms with E-state index in [1.54, 1.807) is 43.5 Å². The van der Waals surface area contributed by atoms with Crippen molar-refractivity contribution in [3.63, 3.8) is 0 Å². The minimum absolute atomic E-state index is 0.0272. The van der Waals surface area contributed by atoms with Crippen molar-refractivity contribution in [1.29, 1.82) is 0 Å². The Kier molecular flexibility index (Phi) is 8.08. The fourth-order valence-corrected chi connectivity index (χ4v) is 5.62. The van der Waals surface area contributed by atoms with Gasteiger partial charge in [-0.25, -0.2) is 8.42 Å². The molecule has 1 aromatic heterocycles. The molecule has 3 aromatic rings. The molecule has 0 saturated carbocycles. The maximum Gasteiger partial charge on any atom is 0.416 e. The Morgan fingerprint density at radius 1 is 1.05 bits per heavy atom. The zero-order valence-electron chi connectivity index (χ0n) is 21.1. The molecule has 1 saturated heterocycles. The molecule has 1 unspecified atom stereocenters. The van der Waals surface area contributed by atoms with E-state index in [4.69, 9.17) is 0 Å². The molecule has 0 bridgehead atoms. The Morgan fingerprint density at radius 3 is 2.29 bits per heavy atom. The van der Waals surface area contributed by atoms with Crippen molar-refractivity contribution in [3.8, 4) is 0 Å². The third-order valence-corrected chi connectivity index (χ3v) is 8.06. The number of sulfonamides is 1. The fourth-order valence-electron chi connectivity index (χ4n) is 4.80. The summed E-state index contributed by atoms with van der Waals surface area (Å²) in [6.07, 6.45) is -1.78. The lowest BCUT2D eigenvalue weighted by Gasteiger charge is -2.35. The van der Waals surface area contributed by atoms with E-state index in [1.807, 2.05) is 17.0 Å². The average molecular weight is 547 g/mol. The molecular formula is C27H29F3N4O3S. The first-order chi connectivity index (χ1) is 18.0. The number of oxime groups is 1. The second kappa shape index (κ2) is 11.1. The van der Waals surface area contributed by atoms with E-state index in [9.17, 15) is 26.8 Å². The van der Waals surface area contributed by atoms with E-state index >= 15 is 0 Å². The summed E-state index contributed by atoms with van der Waals surface area (Å²) in [4.78, 5) is 6.19. The van der Waals surface area contributed by atoms with Crippen molar-refractivity contribution in [1.82, 2.24) is 9.29 Å². The van der Waals surface area contributed by atoms with Gasteiger partial charge in [0.25, 0.3) is 0 Å². The normalized spacial score (nSPS) is 16.4. The van der Waals surface area contributed by atoms with Crippen LogP contribution in [0, 0.1) is 6.92 Å². The van der Waals surface area contributed by atoms with E-state index < -0.39 is 27.7 Å². The SMILES string of the molecule is Cc1cc(C(CC(c2ccc(N3CCN(S(C)(=O)=O)CC3)cc2)c2ccccc2C(F)(F)F)=NO)ccn1. The molecule has 0 aliphatic carbocycles. The Balaban J connectivity index is 1.68. The number of aromatic nitrogens is 1. The quantitative estimate of drug-likeness (QED) is 0.259. The molecule has 11 heteroatoms. The zero-order valence-corrected chi connectivity index (χ0v) is 21.9. The highest BCUT2D eigenvalue weighted by Crippen LogP contribution is 2.40. The van der Waals surface area contributed by atoms with Crippen LogP contribution in [0.25, 0.3) is 0 Å². The monoisotopic (exact) mass is 546 g/mol. The molecular weight excluding hydrogens is 517 g/mol. The molecule has 0 spiro atoms. The predicted molar refractivity (Wildman–Crippen MR) is 140 cm³/mol. The number of rotatable bonds is 7. The van der Waals surface area contributed by atoms with Gasteiger partial charge in [-0.1, -0.05) is 35.5 Å². The first-order valence-electron chi connectivity index (χ1n) is 12.1. The number of pyridine rings is 1. The number of nitrogens with zero attached hydrogens (tertiary/aromatic N) is 4. The standard InChI is InChI=1S/C27H29F3N4O3S/c1-19-17-21(11-12-31-19)26(32-35)18-24(23-5-3-4-6-25(23)27(28,29)30)20-7-9-22(10-8-20)33-13-15-34(16-14-33)38(2,36)37/h3-12,17,24,35H,13-16,18H2,1-2H3. The third-order valence-electron chi connectivity index (χ3n) is 6.76. The summed E-state index contributed by atoms with van der Waals surface area (Å²) in [7, 11) is -3.26. The molecule has 1 N–H and O–H groups in total. The van der Waals surface area contributed by atoms with Crippen molar-refractivity contribution >= 4 is 21.4 Å². The van der Waals surface area contributed by atoms with Crippen molar-refractivity contribution in [2.24, 2.45) is 5.16 Å². The van der Waals surface area contributed by atoms with Gasteiger partial charge in [0.1, 0.15) is 0 Å². The van der Waals surface area contributed by atoms with Crippen LogP contribution in [-0.2, 0) is 16.2 Å². The van der Waals surface area contributed by atoms with Crippen LogP contribution >= 0.6 is 0 Å². The summed E-state index contributed by atoms with van der Waals surface area (Å²) in [5, 5.41) is 13.3. The van der Waals surface area contributed by atoms with Crippen LogP contribution in [0.1, 0.15) is 40.3 Å². The number of halogens is 3. The van der Waals surface area contributed by atoms with Gasteiger partial charge >= 0.3 is 6.18 Å². The second-order valence-electron chi connectivity index (χ2n) is 9.31. The minimum Gasteiger partial charge on any atom is -0.411 e. The highest BCUT2D eigenvalue weighted by atomic mass is 32.2. The molecule has 0 amide bonds. The van der Waals surface area contributed by atoms with E-state index in [-0.39, 0.29) is 17.7 Å². The van der Waals surface area contributed by atoms with Crippen molar-refractivity contribution in [2.75, 3.05) is 37.3 Å². The summed E-state index contributed by atoms with van der Waals surface area (Å²) < 4.78 is 67.1. The molecule has 2 heterocycles. The van der Waals surface area contributed by atoms with Crippen LogP contribution < -0.4 is 4.90 Å². The number of anilines is 1. The van der Waals surface area contributed by atoms with Crippen molar-refractivity contribution < 1.29 is 26.8 Å². The van der Waals surface area contributed by atoms with Crippen LogP contribution in [0.5, 0.6) is 0 Å². The lowest BCUT2D eigenvalue weighted by Crippen LogP contribution is -2.48. The topological polar surface area (TPSA) is 86.1 Å². The first-order valence-corrected chi connectivity index (χ1v) is 13.9. The number of benzene rings is 2. The number of aryl methyl sites for hydroxylation is 1. The molecule has 1 fully saturated rings. The summed E-state index contributed by atoms with van der Waals surface area (Å²) in [6, 6.07) is 16.1. The zero-order chi connectivity index (χ0) is 27.5. The van der Waals surface area contributed by atoms with Gasteiger partial charge in [-0.15, -0.1) is 0 Å². The predicted octanol–water partition coefficient (Wildman–Crippen LogP) is 4.89. The van der Waals surface area contributed by atoms with Gasteiger partial charge in [0.05, 0.1) is 17.5 Å². The molecule has 7 nitrogen and oxygen atoms in total. The molecule has 1 aliphatic heterocycles. The molecule has 1 atom stereocenters. The van der Waals surface area contributed by atoms with Gasteiger partial charge in [-0.2, -0.15) is 17.5 Å². The first kappa shape index (κ1) is 27.6. The number of hydrogen-bond acceptors (Lipinski definition) is 6. The molecule has 0 radical (unpaired) electrons. The maximum atomic E-state index is 14.0. The smallest absolute Gasteiger partial charge is 0.411 e. The summed E-state index contributed by atoms with van der Waals surface area (Å²) in [6.45, 7) is 3.53. The molecule has 2 aromatic carbocycles. The molecule has 202 valence electrons. The summed E-state index contributed by atoms with van der Waals surface area (Å²) in [5.41, 5.74) is 2.35. The van der Waals surface area contributed by atoms with E-state index in [1.165, 1.54) is 22.7 Å². The minimum atomic E-state index is -4.56. The highest BCUT2D eigenvalue weighted by Gasteiger charge is 2.36. The Morgan fingerprint density at radius 2 is 1.71 bits per heavy atom. The summed E-state index contributed by atoms with van der Waals surface area (Å²) in [5.74, 6) is -0.747. The van der Waals surface area contributed by atoms with Crippen LogP contribution in [0.2, 0.25) is 0 Å². The second-order valence-corrected chi connectivity index (χ2v) is 11.3. The number of alkyl halides is 3. The van der Waals surface area contributed by atoms with E-state index in [2.05, 4.69) is 10.1 Å². The fraction of sp³-hybridized carbons (Fsp3) is 0.333. The van der Waals surface area contributed by atoms with Gasteiger partial charge in [0.2, 0.25) is 10.0 Å². The highest BCUT2D eigenvalue weighted by molar-refractivity contribution is 7.88. The largest absolute Gasteiger partial charge is 0.416 e. The van der Waals surface area contributed by atoms with Gasteiger partial charge in [-0.05, 0) is 48.4 Å². The number of piperazine rings is 1. The van der Waals surface area contributed by atoms with Gasteiger partial charge in [0, 0.05) is 61.7 Å². The lowest BCUT2D eigenvalue weighted by molar-refractivity contribution is -0.138. The Hall–Kier alpha value is -3.44. The van der Waals surface area contributed by atoms with Crippen molar-refractivity contribution in [2.45, 2.75) is 25.4 Å². The van der Waals surface area contributed by atoms with Gasteiger partial charge in [-0.3, -0.25) is 4.98 Å². The lowest BCUT2D eigenvalue weighted by atomic mass is 9.83. The van der Waals surface area contributed by atoms with Gasteiger partial charge in [0.15, 0.2) is 0 Å². The van der Waals surface area contributed by atoms with E-state index in [0.29, 0.717) is 43.0 Å². The average Bonchev–Trinajstić information content (AvgIpc) is 2.89. The Labute approximate surface area is 220 Å². The van der Waals surface area contributed by atoms with Crippen LogP contribution in [-0.4, -0.2) is 61.1 Å². The maximum absolute atomic E-state index is 14.0. The van der Waals surface area contributed by atoms with Crippen LogP contribution in [0.4, 0.5) is 18.9 Å². The van der Waals surface area contributed by atoms with Crippen LogP contribution in [0.3, 0.4) is 0 Å².